The maximum atomic E-state index is 12.2. The Morgan fingerprint density at radius 3 is 2.48 bits per heavy atom. The molecule has 0 radical (unpaired) electrons. The number of carbonyl (C=O) groups is 3. The summed E-state index contributed by atoms with van der Waals surface area (Å²) < 4.78 is 4.96. The van der Waals surface area contributed by atoms with Crippen LogP contribution in [0.5, 0.6) is 0 Å². The normalized spacial score (nSPS) is 15.1. The predicted octanol–water partition coefficient (Wildman–Crippen LogP) is 0.401. The van der Waals surface area contributed by atoms with Crippen LogP contribution in [-0.4, -0.2) is 65.7 Å². The van der Waals surface area contributed by atoms with E-state index in [4.69, 9.17) is 16.3 Å². The Morgan fingerprint density at radius 2 is 2.00 bits per heavy atom. The maximum absolute atomic E-state index is 12.2. The summed E-state index contributed by atoms with van der Waals surface area (Å²) in [5.74, 6) is 0.727. The van der Waals surface area contributed by atoms with Gasteiger partial charge in [-0.15, -0.1) is 6.42 Å². The van der Waals surface area contributed by atoms with Gasteiger partial charge in [0.05, 0.1) is 19.1 Å². The number of likely N-dealkylation sites (tertiary alicyclic amines) is 1. The number of carboxylic acid groups (broad SMARTS) is 1. The molecule has 0 atom stereocenters. The van der Waals surface area contributed by atoms with Crippen LogP contribution < -0.4 is 0 Å². The first kappa shape index (κ1) is 16.8. The predicted molar refractivity (Wildman–Crippen MR) is 74.4 cm³/mol. The van der Waals surface area contributed by atoms with E-state index in [1.54, 1.807) is 6.92 Å². The summed E-state index contributed by atoms with van der Waals surface area (Å²) in [4.78, 5) is 37.2. The molecular formula is C14H20N2O5. The number of carboxylic acids is 1. The molecule has 1 N–H and O–H groups in total. The van der Waals surface area contributed by atoms with Crippen molar-refractivity contribution in [2.75, 3.05) is 32.8 Å². The number of urea groups is 1. The molecule has 1 rings (SSSR count). The van der Waals surface area contributed by atoms with E-state index in [2.05, 4.69) is 5.92 Å². The summed E-state index contributed by atoms with van der Waals surface area (Å²) in [6.45, 7) is 2.39. The number of piperidine rings is 1. The molecule has 7 nitrogen and oxygen atoms in total. The zero-order chi connectivity index (χ0) is 15.8. The fourth-order valence-corrected chi connectivity index (χ4v) is 2.23. The molecule has 0 aliphatic carbocycles. The van der Waals surface area contributed by atoms with Crippen molar-refractivity contribution in [2.45, 2.75) is 19.8 Å². The van der Waals surface area contributed by atoms with Gasteiger partial charge in [-0.1, -0.05) is 5.92 Å². The number of carbonyl (C=O) groups excluding carboxylic acids is 2. The van der Waals surface area contributed by atoms with E-state index in [0.717, 1.165) is 4.90 Å². The van der Waals surface area contributed by atoms with E-state index in [1.807, 2.05) is 0 Å². The van der Waals surface area contributed by atoms with Gasteiger partial charge in [-0.25, -0.2) is 4.79 Å². The zero-order valence-electron chi connectivity index (χ0n) is 12.1. The molecular weight excluding hydrogens is 276 g/mol. The third-order valence-corrected chi connectivity index (χ3v) is 3.26. The fraction of sp³-hybridized carbons (Fsp3) is 0.643. The average molecular weight is 296 g/mol. The summed E-state index contributed by atoms with van der Waals surface area (Å²) in [5.41, 5.74) is 0. The van der Waals surface area contributed by atoms with Crippen molar-refractivity contribution in [3.8, 4) is 12.3 Å². The van der Waals surface area contributed by atoms with Crippen LogP contribution in [0.3, 0.4) is 0 Å². The molecule has 2 amide bonds. The van der Waals surface area contributed by atoms with Gasteiger partial charge in [0.2, 0.25) is 0 Å². The number of aliphatic carboxylic acids is 1. The summed E-state index contributed by atoms with van der Waals surface area (Å²) in [5, 5.41) is 8.79. The third-order valence-electron chi connectivity index (χ3n) is 3.26. The highest BCUT2D eigenvalue weighted by atomic mass is 16.5. The van der Waals surface area contributed by atoms with E-state index < -0.39 is 18.5 Å². The molecule has 1 aliphatic heterocycles. The van der Waals surface area contributed by atoms with Crippen LogP contribution in [0.25, 0.3) is 0 Å². The van der Waals surface area contributed by atoms with Crippen molar-refractivity contribution >= 4 is 18.0 Å². The minimum Gasteiger partial charge on any atom is -0.480 e. The van der Waals surface area contributed by atoms with Crippen molar-refractivity contribution < 1.29 is 24.2 Å². The van der Waals surface area contributed by atoms with Gasteiger partial charge < -0.3 is 19.6 Å². The van der Waals surface area contributed by atoms with E-state index in [1.165, 1.54) is 4.90 Å². The van der Waals surface area contributed by atoms with E-state index in [-0.39, 0.29) is 18.4 Å². The highest BCUT2D eigenvalue weighted by Crippen LogP contribution is 2.19. The van der Waals surface area contributed by atoms with Crippen molar-refractivity contribution in [1.29, 1.82) is 0 Å². The molecule has 0 aromatic carbocycles. The Labute approximate surface area is 123 Å². The average Bonchev–Trinajstić information content (AvgIpc) is 2.46. The summed E-state index contributed by atoms with van der Waals surface area (Å²) >= 11 is 0. The lowest BCUT2D eigenvalue weighted by Gasteiger charge is -2.34. The van der Waals surface area contributed by atoms with Gasteiger partial charge >= 0.3 is 18.0 Å². The van der Waals surface area contributed by atoms with Gasteiger partial charge in [0.1, 0.15) is 6.54 Å². The van der Waals surface area contributed by atoms with Crippen LogP contribution in [0.1, 0.15) is 19.8 Å². The molecule has 0 saturated carbocycles. The lowest BCUT2D eigenvalue weighted by Crippen LogP contribution is -2.49. The molecule has 1 saturated heterocycles. The number of esters is 1. The summed E-state index contributed by atoms with van der Waals surface area (Å²) in [6.07, 6.45) is 6.18. The van der Waals surface area contributed by atoms with Crippen molar-refractivity contribution in [1.82, 2.24) is 9.80 Å². The summed E-state index contributed by atoms with van der Waals surface area (Å²) in [7, 11) is 0. The third kappa shape index (κ3) is 4.99. The fourth-order valence-electron chi connectivity index (χ4n) is 2.23. The molecule has 0 aromatic rings. The number of hydrogen-bond donors (Lipinski definition) is 1. The highest BCUT2D eigenvalue weighted by Gasteiger charge is 2.30. The Bertz CT molecular complexity index is 435. The quantitative estimate of drug-likeness (QED) is 0.586. The number of hydrogen-bond acceptors (Lipinski definition) is 4. The number of ether oxygens (including phenoxy) is 1. The zero-order valence-corrected chi connectivity index (χ0v) is 12.1. The van der Waals surface area contributed by atoms with Crippen LogP contribution in [0.4, 0.5) is 4.79 Å². The van der Waals surface area contributed by atoms with Crippen molar-refractivity contribution in [2.24, 2.45) is 5.92 Å². The minimum atomic E-state index is -1.11. The highest BCUT2D eigenvalue weighted by molar-refractivity contribution is 5.81. The van der Waals surface area contributed by atoms with E-state index in [9.17, 15) is 14.4 Å². The molecule has 7 heteroatoms. The van der Waals surface area contributed by atoms with Gasteiger partial charge in [0.25, 0.3) is 0 Å². The first-order valence-electron chi connectivity index (χ1n) is 6.85. The minimum absolute atomic E-state index is 0.0526. The van der Waals surface area contributed by atoms with Gasteiger partial charge in [-0.2, -0.15) is 0 Å². The molecule has 0 aromatic heterocycles. The number of terminal acetylenes is 1. The Hall–Kier alpha value is -2.23. The molecule has 1 fully saturated rings. The second kappa shape index (κ2) is 8.15. The van der Waals surface area contributed by atoms with Gasteiger partial charge in [-0.05, 0) is 19.8 Å². The van der Waals surface area contributed by atoms with Gasteiger partial charge in [0, 0.05) is 13.1 Å². The van der Waals surface area contributed by atoms with E-state index >= 15 is 0 Å². The van der Waals surface area contributed by atoms with Crippen LogP contribution in [-0.2, 0) is 14.3 Å². The molecule has 21 heavy (non-hydrogen) atoms. The SMILES string of the molecule is C#CCN(CC(=O)O)C(=O)N1CCC(C(=O)OCC)CC1. The smallest absolute Gasteiger partial charge is 0.323 e. The molecule has 0 bridgehead atoms. The van der Waals surface area contributed by atoms with Gasteiger partial charge in [-0.3, -0.25) is 9.59 Å². The Balaban J connectivity index is 2.55. The lowest BCUT2D eigenvalue weighted by atomic mass is 9.97. The van der Waals surface area contributed by atoms with Crippen LogP contribution in [0.2, 0.25) is 0 Å². The topological polar surface area (TPSA) is 87.2 Å². The molecule has 0 spiro atoms. The first-order valence-corrected chi connectivity index (χ1v) is 6.85. The number of amides is 2. The molecule has 1 aliphatic rings. The standard InChI is InChI=1S/C14H20N2O5/c1-3-7-16(10-12(17)18)14(20)15-8-5-11(6-9-15)13(19)21-4-2/h1,11H,4-10H2,2H3,(H,17,18). The van der Waals surface area contributed by atoms with Crippen LogP contribution in [0, 0.1) is 18.3 Å². The molecule has 1 heterocycles. The van der Waals surface area contributed by atoms with Crippen LogP contribution >= 0.6 is 0 Å². The molecule has 0 unspecified atom stereocenters. The summed E-state index contributed by atoms with van der Waals surface area (Å²) in [6, 6.07) is -0.405. The van der Waals surface area contributed by atoms with Crippen LogP contribution in [0.15, 0.2) is 0 Å². The van der Waals surface area contributed by atoms with Crippen molar-refractivity contribution in [3.63, 3.8) is 0 Å². The Kier molecular flexibility index (Phi) is 6.53. The number of rotatable bonds is 5. The lowest BCUT2D eigenvalue weighted by molar-refractivity contribution is -0.149. The maximum Gasteiger partial charge on any atom is 0.323 e. The molecule has 116 valence electrons. The van der Waals surface area contributed by atoms with E-state index in [0.29, 0.717) is 32.5 Å². The second-order valence-electron chi connectivity index (χ2n) is 4.75. The largest absolute Gasteiger partial charge is 0.480 e. The van der Waals surface area contributed by atoms with Crippen molar-refractivity contribution in [3.05, 3.63) is 0 Å². The van der Waals surface area contributed by atoms with Gasteiger partial charge in [0.15, 0.2) is 0 Å². The Morgan fingerprint density at radius 1 is 1.38 bits per heavy atom. The second-order valence-corrected chi connectivity index (χ2v) is 4.75. The number of nitrogens with zero attached hydrogens (tertiary/aromatic N) is 2. The monoisotopic (exact) mass is 296 g/mol. The first-order chi connectivity index (χ1) is 9.99.